The van der Waals surface area contributed by atoms with Crippen LogP contribution in [0.1, 0.15) is 12.1 Å². The maximum absolute atomic E-state index is 4.49. The zero-order valence-corrected chi connectivity index (χ0v) is 10.5. The minimum absolute atomic E-state index is 0.768. The van der Waals surface area contributed by atoms with Crippen molar-refractivity contribution in [1.82, 2.24) is 14.8 Å². The Hall–Kier alpha value is -2.60. The van der Waals surface area contributed by atoms with Gasteiger partial charge in [-0.1, -0.05) is 30.2 Å². The molecule has 1 aromatic carbocycles. The SMILES string of the molecule is C(#Cc1ccccn1)CCn1cc2ccccc2n1. The fourth-order valence-corrected chi connectivity index (χ4v) is 1.89. The normalized spacial score (nSPS) is 10.1. The third-order valence-corrected chi connectivity index (χ3v) is 2.81. The molecule has 3 nitrogen and oxygen atoms in total. The number of pyridine rings is 1. The van der Waals surface area contributed by atoms with Gasteiger partial charge >= 0.3 is 0 Å². The molecule has 0 aliphatic heterocycles. The van der Waals surface area contributed by atoms with Crippen LogP contribution in [0.2, 0.25) is 0 Å². The van der Waals surface area contributed by atoms with Crippen molar-refractivity contribution in [2.45, 2.75) is 13.0 Å². The van der Waals surface area contributed by atoms with Gasteiger partial charge in [0.25, 0.3) is 0 Å². The Balaban J connectivity index is 1.65. The highest BCUT2D eigenvalue weighted by Gasteiger charge is 1.97. The van der Waals surface area contributed by atoms with Gasteiger partial charge in [0, 0.05) is 24.2 Å². The maximum Gasteiger partial charge on any atom is 0.113 e. The van der Waals surface area contributed by atoms with E-state index in [0.29, 0.717) is 0 Å². The molecule has 0 radical (unpaired) electrons. The molecular weight excluding hydrogens is 234 g/mol. The van der Waals surface area contributed by atoms with Crippen molar-refractivity contribution >= 4 is 10.9 Å². The van der Waals surface area contributed by atoms with E-state index in [1.807, 2.05) is 41.1 Å². The van der Waals surface area contributed by atoms with Crippen LogP contribution in [0.4, 0.5) is 0 Å². The van der Waals surface area contributed by atoms with E-state index < -0.39 is 0 Å². The van der Waals surface area contributed by atoms with Gasteiger partial charge < -0.3 is 0 Å². The largest absolute Gasteiger partial charge is 0.271 e. The molecule has 3 aromatic rings. The van der Waals surface area contributed by atoms with Gasteiger partial charge in [-0.05, 0) is 24.1 Å². The number of benzene rings is 1. The predicted octanol–water partition coefficient (Wildman–Crippen LogP) is 2.87. The summed E-state index contributed by atoms with van der Waals surface area (Å²) in [5.74, 6) is 6.17. The zero-order valence-electron chi connectivity index (χ0n) is 10.5. The molecule has 92 valence electrons. The first-order chi connectivity index (χ1) is 9.42. The molecule has 0 fully saturated rings. The van der Waals surface area contributed by atoms with Crippen LogP contribution in [-0.4, -0.2) is 14.8 Å². The molecule has 0 bridgehead atoms. The maximum atomic E-state index is 4.49. The number of aromatic nitrogens is 3. The predicted molar refractivity (Wildman–Crippen MR) is 75.5 cm³/mol. The summed E-state index contributed by atoms with van der Waals surface area (Å²) in [5.41, 5.74) is 1.84. The summed E-state index contributed by atoms with van der Waals surface area (Å²) < 4.78 is 1.94. The first kappa shape index (κ1) is 11.5. The van der Waals surface area contributed by atoms with Gasteiger partial charge in [-0.15, -0.1) is 0 Å². The summed E-state index contributed by atoms with van der Waals surface area (Å²) in [7, 11) is 0. The van der Waals surface area contributed by atoms with Crippen molar-refractivity contribution in [2.24, 2.45) is 0 Å². The number of aryl methyl sites for hydroxylation is 1. The smallest absolute Gasteiger partial charge is 0.113 e. The third-order valence-electron chi connectivity index (χ3n) is 2.81. The number of fused-ring (bicyclic) bond motifs is 1. The lowest BCUT2D eigenvalue weighted by Gasteiger charge is -1.94. The highest BCUT2D eigenvalue weighted by Crippen LogP contribution is 2.10. The minimum Gasteiger partial charge on any atom is -0.271 e. The second-order valence-corrected chi connectivity index (χ2v) is 4.22. The highest BCUT2D eigenvalue weighted by atomic mass is 15.3. The molecule has 3 rings (SSSR count). The molecule has 0 saturated carbocycles. The lowest BCUT2D eigenvalue weighted by atomic mass is 10.3. The van der Waals surface area contributed by atoms with Crippen LogP contribution in [0.15, 0.2) is 54.9 Å². The topological polar surface area (TPSA) is 30.7 Å². The molecule has 0 unspecified atom stereocenters. The number of hydrogen-bond acceptors (Lipinski definition) is 2. The Kier molecular flexibility index (Phi) is 3.24. The van der Waals surface area contributed by atoms with E-state index in [2.05, 4.69) is 34.2 Å². The summed E-state index contributed by atoms with van der Waals surface area (Å²) in [4.78, 5) is 4.16. The number of rotatable bonds is 2. The van der Waals surface area contributed by atoms with Crippen LogP contribution in [0.5, 0.6) is 0 Å². The van der Waals surface area contributed by atoms with Crippen molar-refractivity contribution in [2.75, 3.05) is 0 Å². The molecule has 2 aromatic heterocycles. The lowest BCUT2D eigenvalue weighted by molar-refractivity contribution is 0.637. The Morgan fingerprint density at radius 3 is 2.79 bits per heavy atom. The van der Waals surface area contributed by atoms with Gasteiger partial charge in [-0.25, -0.2) is 4.98 Å². The summed E-state index contributed by atoms with van der Waals surface area (Å²) in [5, 5.41) is 5.66. The second kappa shape index (κ2) is 5.36. The van der Waals surface area contributed by atoms with E-state index in [-0.39, 0.29) is 0 Å². The average Bonchev–Trinajstić information content (AvgIpc) is 2.87. The van der Waals surface area contributed by atoms with E-state index in [4.69, 9.17) is 0 Å². The summed E-state index contributed by atoms with van der Waals surface area (Å²) in [6.07, 6.45) is 4.58. The number of hydrogen-bond donors (Lipinski definition) is 0. The third kappa shape index (κ3) is 2.80. The summed E-state index contributed by atoms with van der Waals surface area (Å²) in [6.45, 7) is 0.800. The van der Waals surface area contributed by atoms with Gasteiger partial charge in [0.05, 0.1) is 12.1 Å². The highest BCUT2D eigenvalue weighted by molar-refractivity contribution is 5.77. The molecule has 19 heavy (non-hydrogen) atoms. The number of nitrogens with zero attached hydrogens (tertiary/aromatic N) is 3. The fraction of sp³-hybridized carbons (Fsp3) is 0.125. The molecule has 0 atom stereocenters. The quantitative estimate of drug-likeness (QED) is 0.652. The van der Waals surface area contributed by atoms with Crippen LogP contribution >= 0.6 is 0 Å². The standard InChI is InChI=1S/C16H13N3/c1-2-10-16-14(7-1)13-19(18-16)12-6-4-9-15-8-3-5-11-17-15/h1-3,5,7-8,10-11,13H,6,12H2. The van der Waals surface area contributed by atoms with Crippen molar-refractivity contribution in [3.63, 3.8) is 0 Å². The van der Waals surface area contributed by atoms with Gasteiger partial charge in [-0.2, -0.15) is 5.10 Å². The molecule has 0 amide bonds. The van der Waals surface area contributed by atoms with E-state index in [9.17, 15) is 0 Å². The van der Waals surface area contributed by atoms with Crippen molar-refractivity contribution in [1.29, 1.82) is 0 Å². The van der Waals surface area contributed by atoms with Crippen molar-refractivity contribution in [3.8, 4) is 11.8 Å². The molecule has 0 aliphatic carbocycles. The van der Waals surface area contributed by atoms with Gasteiger partial charge in [0.15, 0.2) is 0 Å². The van der Waals surface area contributed by atoms with Gasteiger partial charge in [0.1, 0.15) is 5.69 Å². The molecule has 3 heteroatoms. The monoisotopic (exact) mass is 247 g/mol. The van der Waals surface area contributed by atoms with Crippen LogP contribution in [0.25, 0.3) is 10.9 Å². The average molecular weight is 247 g/mol. The Morgan fingerprint density at radius 2 is 1.95 bits per heavy atom. The zero-order chi connectivity index (χ0) is 12.9. The van der Waals surface area contributed by atoms with Crippen LogP contribution in [-0.2, 0) is 6.54 Å². The van der Waals surface area contributed by atoms with E-state index >= 15 is 0 Å². The molecule has 0 spiro atoms. The summed E-state index contributed by atoms with van der Waals surface area (Å²) >= 11 is 0. The van der Waals surface area contributed by atoms with Gasteiger partial charge in [-0.3, -0.25) is 4.68 Å². The Labute approximate surface area is 111 Å². The van der Waals surface area contributed by atoms with Crippen LogP contribution in [0.3, 0.4) is 0 Å². The second-order valence-electron chi connectivity index (χ2n) is 4.22. The molecular formula is C16H13N3. The van der Waals surface area contributed by atoms with E-state index in [1.165, 1.54) is 5.39 Å². The Morgan fingerprint density at radius 1 is 1.05 bits per heavy atom. The van der Waals surface area contributed by atoms with E-state index in [0.717, 1.165) is 24.2 Å². The first-order valence-corrected chi connectivity index (χ1v) is 6.24. The van der Waals surface area contributed by atoms with E-state index in [1.54, 1.807) is 6.20 Å². The molecule has 2 heterocycles. The first-order valence-electron chi connectivity index (χ1n) is 6.24. The van der Waals surface area contributed by atoms with Crippen molar-refractivity contribution < 1.29 is 0 Å². The van der Waals surface area contributed by atoms with Gasteiger partial charge in [0.2, 0.25) is 0 Å². The minimum atomic E-state index is 0.768. The molecule has 0 saturated heterocycles. The van der Waals surface area contributed by atoms with Crippen LogP contribution in [0, 0.1) is 11.8 Å². The molecule has 0 N–H and O–H groups in total. The fourth-order valence-electron chi connectivity index (χ4n) is 1.89. The van der Waals surface area contributed by atoms with Crippen molar-refractivity contribution in [3.05, 3.63) is 60.6 Å². The lowest BCUT2D eigenvalue weighted by Crippen LogP contribution is -1.96. The summed E-state index contributed by atoms with van der Waals surface area (Å²) in [6, 6.07) is 13.9. The van der Waals surface area contributed by atoms with Crippen LogP contribution < -0.4 is 0 Å². The Bertz CT molecular complexity index is 700. The molecule has 0 aliphatic rings.